The van der Waals surface area contributed by atoms with Gasteiger partial charge >= 0.3 is 0 Å². The average molecular weight is 1660 g/mol. The molecular formula is C88H92ClF3N14O14. The minimum absolute atomic E-state index is 0.189. The fraction of sp³-hybridized carbons (Fsp3) is 0.409. The first-order valence-corrected chi connectivity index (χ1v) is 40.9. The Morgan fingerprint density at radius 3 is 1.71 bits per heavy atom. The van der Waals surface area contributed by atoms with Gasteiger partial charge in [0.1, 0.15) is 155 Å². The van der Waals surface area contributed by atoms with Crippen LogP contribution in [0.1, 0.15) is 135 Å². The molecule has 1 amide bonds. The molecule has 11 heterocycles. The second-order valence-corrected chi connectivity index (χ2v) is 32.5. The van der Waals surface area contributed by atoms with Crippen LogP contribution < -0.4 is 39.6 Å². The normalized spacial score (nSPS) is 26.0. The number of aryl methyl sites for hydroxylation is 4. The molecule has 4 fully saturated rings. The Labute approximate surface area is 691 Å². The van der Waals surface area contributed by atoms with Crippen molar-refractivity contribution >= 4 is 61.6 Å². The van der Waals surface area contributed by atoms with E-state index >= 15 is 0 Å². The molecule has 4 saturated carbocycles. The molecule has 3 aliphatic heterocycles. The third-order valence-corrected chi connectivity index (χ3v) is 25.0. The van der Waals surface area contributed by atoms with Crippen molar-refractivity contribution in [3.05, 3.63) is 218 Å². The highest BCUT2D eigenvalue weighted by Gasteiger charge is 2.49. The molecule has 32 heteroatoms. The number of nitrogens with zero attached hydrogens (tertiary/aromatic N) is 11. The summed E-state index contributed by atoms with van der Waals surface area (Å²) in [4.78, 5) is 38.2. The van der Waals surface area contributed by atoms with Gasteiger partial charge in [0.25, 0.3) is 5.91 Å². The van der Waals surface area contributed by atoms with Crippen molar-refractivity contribution in [1.29, 1.82) is 5.26 Å². The molecule has 12 aromatic rings. The maximum Gasteiger partial charge on any atom is 0.258 e. The smallest absolute Gasteiger partial charge is 0.258 e. The van der Waals surface area contributed by atoms with Crippen LogP contribution in [0.3, 0.4) is 0 Å². The van der Waals surface area contributed by atoms with Gasteiger partial charge in [-0.3, -0.25) is 4.79 Å². The topological polar surface area (TPSA) is 382 Å². The summed E-state index contributed by atoms with van der Waals surface area (Å²) in [7, 11) is 0. The van der Waals surface area contributed by atoms with Crippen molar-refractivity contribution in [3.63, 3.8) is 0 Å². The van der Waals surface area contributed by atoms with E-state index in [9.17, 15) is 64.1 Å². The predicted octanol–water partition coefficient (Wildman–Crippen LogP) is 8.86. The Morgan fingerprint density at radius 1 is 0.517 bits per heavy atom. The highest BCUT2D eigenvalue weighted by atomic mass is 35.5. The zero-order chi connectivity index (χ0) is 83.6. The summed E-state index contributed by atoms with van der Waals surface area (Å²) in [5, 5.41) is 108. The maximum atomic E-state index is 14.6. The van der Waals surface area contributed by atoms with E-state index < -0.39 is 103 Å². The van der Waals surface area contributed by atoms with Gasteiger partial charge in [0, 0.05) is 115 Å². The highest BCUT2D eigenvalue weighted by molar-refractivity contribution is 6.30. The molecule has 16 atom stereocenters. The summed E-state index contributed by atoms with van der Waals surface area (Å²) in [6, 6.07) is 23.2. The lowest BCUT2D eigenvalue weighted by atomic mass is 9.90. The zero-order valence-electron chi connectivity index (χ0n) is 66.1. The number of fused-ring (bicyclic) bond motifs is 8. The first-order valence-electron chi connectivity index (χ1n) is 40.5. The van der Waals surface area contributed by atoms with Crippen LogP contribution in [-0.4, -0.2) is 194 Å². The monoisotopic (exact) mass is 1660 g/mol. The summed E-state index contributed by atoms with van der Waals surface area (Å²) >= 11 is 6.27. The fourth-order valence-corrected chi connectivity index (χ4v) is 18.6. The molecule has 0 spiro atoms. The molecule has 0 unspecified atom stereocenters. The lowest BCUT2D eigenvalue weighted by molar-refractivity contribution is -0.0167. The van der Waals surface area contributed by atoms with Crippen LogP contribution in [0.25, 0.3) is 44.1 Å². The average Bonchev–Trinajstić information content (AvgIpc) is 1.60. The Hall–Kier alpha value is -10.9. The van der Waals surface area contributed by atoms with Gasteiger partial charge in [-0.1, -0.05) is 17.7 Å². The number of carbonyl (C=O) groups excluding carboxylic acids is 1. The summed E-state index contributed by atoms with van der Waals surface area (Å²) in [5.74, 6) is 1.68. The van der Waals surface area contributed by atoms with Gasteiger partial charge in [0.2, 0.25) is 0 Å². The number of benzene rings is 4. The van der Waals surface area contributed by atoms with Crippen LogP contribution in [0.5, 0.6) is 28.7 Å². The van der Waals surface area contributed by atoms with E-state index in [1.54, 1.807) is 70.9 Å². The molecule has 8 aromatic heterocycles. The van der Waals surface area contributed by atoms with Crippen molar-refractivity contribution in [2.24, 2.45) is 0 Å². The quantitative estimate of drug-likeness (QED) is 0.0543. The van der Waals surface area contributed by atoms with Gasteiger partial charge in [0.05, 0.1) is 58.8 Å². The largest absolute Gasteiger partial charge is 0.491 e. The van der Waals surface area contributed by atoms with Crippen LogP contribution in [0.2, 0.25) is 5.02 Å². The van der Waals surface area contributed by atoms with E-state index in [0.717, 1.165) is 117 Å². The van der Waals surface area contributed by atoms with E-state index in [-0.39, 0.29) is 29.6 Å². The third-order valence-electron chi connectivity index (χ3n) is 24.7. The molecule has 0 radical (unpaired) electrons. The summed E-state index contributed by atoms with van der Waals surface area (Å²) in [6.45, 7) is 11.2. The number of hydrogen-bond donors (Lipinski definition) is 11. The van der Waals surface area contributed by atoms with Gasteiger partial charge in [-0.15, -0.1) is 0 Å². The van der Waals surface area contributed by atoms with E-state index in [1.165, 1.54) is 31.0 Å². The van der Waals surface area contributed by atoms with Crippen LogP contribution in [0.4, 0.5) is 13.2 Å². The molecule has 4 aromatic carbocycles. The molecule has 5 aliphatic carbocycles. The van der Waals surface area contributed by atoms with Crippen LogP contribution >= 0.6 is 11.6 Å². The number of rotatable bonds is 12. The lowest BCUT2D eigenvalue weighted by Crippen LogP contribution is -2.35. The van der Waals surface area contributed by atoms with Crippen LogP contribution in [0, 0.1) is 56.5 Å². The molecule has 0 saturated heterocycles. The second-order valence-electron chi connectivity index (χ2n) is 32.1. The number of aromatic nitrogens is 10. The van der Waals surface area contributed by atoms with E-state index in [0.29, 0.717) is 119 Å². The predicted molar refractivity (Wildman–Crippen MR) is 434 cm³/mol. The number of ether oxygens (including phenoxy) is 5. The van der Waals surface area contributed by atoms with Gasteiger partial charge < -0.3 is 98.8 Å². The first kappa shape index (κ1) is 81.5. The Kier molecular flexibility index (Phi) is 23.1. The van der Waals surface area contributed by atoms with Gasteiger partial charge in [0.15, 0.2) is 11.6 Å². The number of amides is 1. The lowest BCUT2D eigenvalue weighted by Gasteiger charge is -2.24. The SMILES string of the molecule is Cc1ccnc2c1c(F)cn2[C@@H]1C[C@H](Oc2cc(Cl)cc3c2CNCC3)[C@@H](O)[C@H]1O.Cc1ccnc2c1ccn2[C@@H]1C[C@H](Oc2cccc3c2C(=O)NCCO3)[C@@H](O)[C@H]1O.Cc1ncc2c(F)cn([C@@H]3C[C@H](Oc4cc(C#N)cc5c4CNCC5)[C@@H](O)[C@H]3O)c2n1.Cc1ncnc2c1ccn2[C@@H]1C[C@H](Oc2ccc(F)c3c2CCCC3)[C@@H](O)[C@H]1O. The van der Waals surface area contributed by atoms with Crippen LogP contribution in [-0.2, 0) is 38.8 Å². The summed E-state index contributed by atoms with van der Waals surface area (Å²) in [6.07, 6.45) is 7.76. The maximum absolute atomic E-state index is 14.6. The van der Waals surface area contributed by atoms with E-state index in [1.807, 2.05) is 72.6 Å². The number of pyridine rings is 2. The fourth-order valence-electron chi connectivity index (χ4n) is 18.4. The Morgan fingerprint density at radius 2 is 1.07 bits per heavy atom. The number of carbonyl (C=O) groups is 1. The molecular weight excluding hydrogens is 1570 g/mol. The first-order chi connectivity index (χ1) is 58.0. The molecule has 120 heavy (non-hydrogen) atoms. The molecule has 8 aliphatic rings. The van der Waals surface area contributed by atoms with Crippen molar-refractivity contribution in [2.75, 3.05) is 26.2 Å². The number of hydrogen-bond acceptors (Lipinski definition) is 23. The van der Waals surface area contributed by atoms with Crippen molar-refractivity contribution < 1.29 is 82.5 Å². The Bertz CT molecular complexity index is 5920. The molecule has 11 N–H and O–H groups in total. The zero-order valence-corrected chi connectivity index (χ0v) is 66.9. The van der Waals surface area contributed by atoms with Gasteiger partial charge in [-0.2, -0.15) is 5.26 Å². The van der Waals surface area contributed by atoms with E-state index in [4.69, 9.17) is 35.3 Å². The molecule has 28 nitrogen and oxygen atoms in total. The molecule has 626 valence electrons. The van der Waals surface area contributed by atoms with Crippen molar-refractivity contribution in [1.82, 2.24) is 64.1 Å². The van der Waals surface area contributed by atoms with Gasteiger partial charge in [-0.25, -0.2) is 43.1 Å². The van der Waals surface area contributed by atoms with E-state index in [2.05, 4.69) is 51.9 Å². The number of nitrogens with one attached hydrogen (secondary N) is 3. The minimum atomic E-state index is -1.17. The molecule has 20 rings (SSSR count). The van der Waals surface area contributed by atoms with Crippen molar-refractivity contribution in [3.8, 4) is 34.8 Å². The summed E-state index contributed by atoms with van der Waals surface area (Å²) in [5.41, 5.74) is 11.6. The summed E-state index contributed by atoms with van der Waals surface area (Å²) < 4.78 is 80.3. The number of halogens is 4. The van der Waals surface area contributed by atoms with Crippen molar-refractivity contribution in [2.45, 2.75) is 202 Å². The Balaban J connectivity index is 0.000000114. The van der Waals surface area contributed by atoms with Gasteiger partial charge in [-0.05, 0) is 180 Å². The second kappa shape index (κ2) is 34.0. The van der Waals surface area contributed by atoms with Crippen LogP contribution in [0.15, 0.2) is 129 Å². The number of aliphatic hydroxyl groups excluding tert-OH is 8. The number of aliphatic hydroxyl groups is 8. The number of nitriles is 1. The highest BCUT2D eigenvalue weighted by Crippen LogP contribution is 2.45. The molecule has 0 bridgehead atoms. The standard InChI is InChI=1S/C22H23ClFN3O3.C22H22FN5O3.C22H24FN3O3.C22H23N3O5/c1-11-2-5-26-22-19(11)15(24)10-27(22)16-8-18(21(29)20(16)28)30-17-7-13(23)6-12-3-4-25-9-14(12)17;1-11-26-9-15-16(23)10-28(22(15)27-11)17-6-19(21(30)20(17)29)31-18-5-12(7-24)4-13-2-3-25-8-14(13)18;1-12-13-8-9-26(22(13)25-11-24-12)17-10-19(21(28)20(17)27)29-18-7-6-16(23)14-4-2-3-5-15(14)18;1-12-5-7-23-21-13(12)6-9-25(21)14-11-17(20(27)19(14)26)30-16-4-2-3-15-18(16)22(28)24-8-10-29-15/h2,5-7,10,16,18,20-21,25,28-29H,3-4,8-9H2,1H3;4-5,9-10,17,19-21,25,29-30H,2-3,6,8H2,1H3;6-9,11,17,19-21,27-28H,2-5,10H2,1H3;2-7,9,14,17,19-20,26-27H,8,10-11H2,1H3,(H,24,28)/t16-,18+,20+,21-;2*17-,19+,20+,21-;14-,17+,19+,20-/m1111/s1. The third kappa shape index (κ3) is 15.5. The minimum Gasteiger partial charge on any atom is -0.491 e.